The van der Waals surface area contributed by atoms with Gasteiger partial charge < -0.3 is 10.0 Å². The smallest absolute Gasteiger partial charge is 0.152 e. The standard InChI is InChI=1S/C11H15FN2O3S/c1-14(10-2-3-18(16,17)7-10)11-8(6-15)4-9(12)5-13-11/h4-5,10,15H,2-3,6-7H2,1H3. The van der Waals surface area contributed by atoms with Gasteiger partial charge in [0, 0.05) is 18.7 Å². The van der Waals surface area contributed by atoms with Crippen LogP contribution in [0.3, 0.4) is 0 Å². The second kappa shape index (κ2) is 4.81. The summed E-state index contributed by atoms with van der Waals surface area (Å²) >= 11 is 0. The monoisotopic (exact) mass is 274 g/mol. The lowest BCUT2D eigenvalue weighted by atomic mass is 10.2. The van der Waals surface area contributed by atoms with Gasteiger partial charge in [0.1, 0.15) is 11.6 Å². The fourth-order valence-corrected chi connectivity index (χ4v) is 3.94. The van der Waals surface area contributed by atoms with Gasteiger partial charge in [-0.2, -0.15) is 0 Å². The Labute approximate surface area is 105 Å². The average molecular weight is 274 g/mol. The van der Waals surface area contributed by atoms with Crippen LogP contribution in [-0.2, 0) is 16.4 Å². The zero-order valence-corrected chi connectivity index (χ0v) is 10.8. The summed E-state index contributed by atoms with van der Waals surface area (Å²) in [6, 6.07) is 1.04. The van der Waals surface area contributed by atoms with Crippen molar-refractivity contribution in [2.75, 3.05) is 23.5 Å². The molecule has 100 valence electrons. The Balaban J connectivity index is 2.26. The molecule has 1 N–H and O–H groups in total. The molecule has 1 fully saturated rings. The maximum Gasteiger partial charge on any atom is 0.152 e. The van der Waals surface area contributed by atoms with Crippen molar-refractivity contribution in [2.24, 2.45) is 0 Å². The summed E-state index contributed by atoms with van der Waals surface area (Å²) in [6.45, 7) is -0.329. The molecular weight excluding hydrogens is 259 g/mol. The van der Waals surface area contributed by atoms with Crippen molar-refractivity contribution in [1.29, 1.82) is 0 Å². The highest BCUT2D eigenvalue weighted by molar-refractivity contribution is 7.91. The highest BCUT2D eigenvalue weighted by Gasteiger charge is 2.31. The maximum absolute atomic E-state index is 13.0. The second-order valence-corrected chi connectivity index (χ2v) is 6.69. The molecule has 0 aliphatic carbocycles. The van der Waals surface area contributed by atoms with Gasteiger partial charge in [-0.25, -0.2) is 17.8 Å². The van der Waals surface area contributed by atoms with Crippen LogP contribution in [0.15, 0.2) is 12.3 Å². The Morgan fingerprint density at radius 2 is 2.33 bits per heavy atom. The second-order valence-electron chi connectivity index (χ2n) is 4.46. The topological polar surface area (TPSA) is 70.5 Å². The third-order valence-electron chi connectivity index (χ3n) is 3.17. The molecule has 1 aromatic rings. The summed E-state index contributed by atoms with van der Waals surface area (Å²) < 4.78 is 35.9. The van der Waals surface area contributed by atoms with Gasteiger partial charge >= 0.3 is 0 Å². The molecule has 1 atom stereocenters. The molecule has 5 nitrogen and oxygen atoms in total. The number of rotatable bonds is 3. The van der Waals surface area contributed by atoms with Crippen molar-refractivity contribution in [3.63, 3.8) is 0 Å². The van der Waals surface area contributed by atoms with Gasteiger partial charge in [0.25, 0.3) is 0 Å². The van der Waals surface area contributed by atoms with Crippen LogP contribution < -0.4 is 4.90 Å². The van der Waals surface area contributed by atoms with E-state index in [0.29, 0.717) is 17.8 Å². The van der Waals surface area contributed by atoms with Crippen LogP contribution in [0.5, 0.6) is 0 Å². The Morgan fingerprint density at radius 3 is 2.89 bits per heavy atom. The summed E-state index contributed by atoms with van der Waals surface area (Å²) in [7, 11) is -1.27. The summed E-state index contributed by atoms with van der Waals surface area (Å²) in [6.07, 6.45) is 1.59. The van der Waals surface area contributed by atoms with E-state index in [-0.39, 0.29) is 24.2 Å². The van der Waals surface area contributed by atoms with E-state index in [1.165, 1.54) is 6.07 Å². The number of aliphatic hydroxyl groups excluding tert-OH is 1. The first-order chi connectivity index (χ1) is 8.43. The van der Waals surface area contributed by atoms with E-state index >= 15 is 0 Å². The van der Waals surface area contributed by atoms with Crippen LogP contribution >= 0.6 is 0 Å². The molecule has 0 aromatic carbocycles. The summed E-state index contributed by atoms with van der Waals surface area (Å²) in [5.74, 6) is 0.154. The average Bonchev–Trinajstić information content (AvgIpc) is 2.68. The van der Waals surface area contributed by atoms with E-state index in [0.717, 1.165) is 6.20 Å². The van der Waals surface area contributed by atoms with Gasteiger partial charge in [-0.1, -0.05) is 0 Å². The number of pyridine rings is 1. The van der Waals surface area contributed by atoms with Gasteiger partial charge in [0.05, 0.1) is 24.3 Å². The maximum atomic E-state index is 13.0. The minimum absolute atomic E-state index is 0.0768. The number of anilines is 1. The molecule has 18 heavy (non-hydrogen) atoms. The zero-order chi connectivity index (χ0) is 13.3. The van der Waals surface area contributed by atoms with Crippen LogP contribution in [0.25, 0.3) is 0 Å². The van der Waals surface area contributed by atoms with E-state index in [9.17, 15) is 17.9 Å². The van der Waals surface area contributed by atoms with Crippen LogP contribution in [-0.4, -0.2) is 43.1 Å². The lowest BCUT2D eigenvalue weighted by Gasteiger charge is -2.26. The van der Waals surface area contributed by atoms with E-state index in [2.05, 4.69) is 4.98 Å². The van der Waals surface area contributed by atoms with Gasteiger partial charge in [-0.05, 0) is 12.5 Å². The Bertz CT molecular complexity index is 547. The van der Waals surface area contributed by atoms with E-state index < -0.39 is 15.7 Å². The predicted molar refractivity (Wildman–Crippen MR) is 65.6 cm³/mol. The molecule has 2 heterocycles. The summed E-state index contributed by atoms with van der Waals surface area (Å²) in [5, 5.41) is 9.19. The molecule has 2 rings (SSSR count). The molecular formula is C11H15FN2O3S. The van der Waals surface area contributed by atoms with Gasteiger partial charge in [0.15, 0.2) is 9.84 Å². The minimum Gasteiger partial charge on any atom is -0.392 e. The summed E-state index contributed by atoms with van der Waals surface area (Å²) in [5.41, 5.74) is 0.363. The number of aromatic nitrogens is 1. The summed E-state index contributed by atoms with van der Waals surface area (Å²) in [4.78, 5) is 5.64. The van der Waals surface area contributed by atoms with Crippen LogP contribution in [0.4, 0.5) is 10.2 Å². The van der Waals surface area contributed by atoms with Crippen molar-refractivity contribution in [1.82, 2.24) is 4.98 Å². The van der Waals surface area contributed by atoms with Gasteiger partial charge in [-0.15, -0.1) is 0 Å². The van der Waals surface area contributed by atoms with Crippen molar-refractivity contribution >= 4 is 15.7 Å². The lowest BCUT2D eigenvalue weighted by Crippen LogP contribution is -2.34. The van der Waals surface area contributed by atoms with Crippen molar-refractivity contribution in [2.45, 2.75) is 19.1 Å². The normalized spacial score (nSPS) is 22.1. The van der Waals surface area contributed by atoms with Crippen LogP contribution in [0.2, 0.25) is 0 Å². The predicted octanol–water partition coefficient (Wildman–Crippen LogP) is 0.336. The fraction of sp³-hybridized carbons (Fsp3) is 0.545. The van der Waals surface area contributed by atoms with E-state index in [1.807, 2.05) is 0 Å². The Kier molecular flexibility index (Phi) is 3.54. The SMILES string of the molecule is CN(c1ncc(F)cc1CO)C1CCS(=O)(=O)C1. The highest BCUT2D eigenvalue weighted by atomic mass is 32.2. The van der Waals surface area contributed by atoms with Crippen molar-refractivity contribution < 1.29 is 17.9 Å². The number of hydrogen-bond donors (Lipinski definition) is 1. The van der Waals surface area contributed by atoms with Gasteiger partial charge in [0.2, 0.25) is 0 Å². The number of halogens is 1. The largest absolute Gasteiger partial charge is 0.392 e. The van der Waals surface area contributed by atoms with E-state index in [4.69, 9.17) is 0 Å². The van der Waals surface area contributed by atoms with Gasteiger partial charge in [-0.3, -0.25) is 0 Å². The molecule has 1 unspecified atom stereocenters. The molecule has 1 aliphatic rings. The molecule has 1 aliphatic heterocycles. The Morgan fingerprint density at radius 1 is 1.61 bits per heavy atom. The molecule has 0 spiro atoms. The minimum atomic E-state index is -2.98. The highest BCUT2D eigenvalue weighted by Crippen LogP contribution is 2.24. The molecule has 0 saturated carbocycles. The molecule has 0 bridgehead atoms. The van der Waals surface area contributed by atoms with Crippen molar-refractivity contribution in [3.8, 4) is 0 Å². The zero-order valence-electron chi connectivity index (χ0n) is 10.0. The first-order valence-electron chi connectivity index (χ1n) is 5.61. The molecule has 1 saturated heterocycles. The number of aliphatic hydroxyl groups is 1. The third kappa shape index (κ3) is 2.62. The van der Waals surface area contributed by atoms with E-state index in [1.54, 1.807) is 11.9 Å². The van der Waals surface area contributed by atoms with Crippen LogP contribution in [0, 0.1) is 5.82 Å². The third-order valence-corrected chi connectivity index (χ3v) is 4.92. The molecule has 0 amide bonds. The number of hydrogen-bond acceptors (Lipinski definition) is 5. The quantitative estimate of drug-likeness (QED) is 0.860. The number of sulfone groups is 1. The first kappa shape index (κ1) is 13.2. The number of nitrogens with zero attached hydrogens (tertiary/aromatic N) is 2. The molecule has 0 radical (unpaired) electrons. The molecule has 7 heteroatoms. The lowest BCUT2D eigenvalue weighted by molar-refractivity contribution is 0.281. The Hall–Kier alpha value is -1.21. The molecule has 1 aromatic heterocycles. The van der Waals surface area contributed by atoms with Crippen LogP contribution in [0.1, 0.15) is 12.0 Å². The fourth-order valence-electron chi connectivity index (χ4n) is 2.16. The van der Waals surface area contributed by atoms with Crippen molar-refractivity contribution in [3.05, 3.63) is 23.6 Å². The first-order valence-corrected chi connectivity index (χ1v) is 7.43.